The van der Waals surface area contributed by atoms with Crippen molar-refractivity contribution in [3.8, 4) is 17.2 Å². The van der Waals surface area contributed by atoms with E-state index in [1.54, 1.807) is 6.07 Å². The molecule has 166 valence electrons. The van der Waals surface area contributed by atoms with Crippen molar-refractivity contribution < 1.29 is 9.52 Å². The highest BCUT2D eigenvalue weighted by molar-refractivity contribution is 9.10. The highest BCUT2D eigenvalue weighted by atomic mass is 79.9. The van der Waals surface area contributed by atoms with Crippen LogP contribution in [0.15, 0.2) is 80.4 Å². The topological polar surface area (TPSA) is 88.3 Å². The number of phenolic OH excluding ortho intramolecular Hbond substituents is 1. The molecule has 1 aliphatic carbocycles. The monoisotopic (exact) mass is 511 g/mol. The van der Waals surface area contributed by atoms with E-state index in [2.05, 4.69) is 26.2 Å². The Hall–Kier alpha value is -3.97. The molecule has 0 spiro atoms. The van der Waals surface area contributed by atoms with Crippen LogP contribution in [0.1, 0.15) is 11.3 Å². The Labute approximate surface area is 202 Å². The second-order valence-electron chi connectivity index (χ2n) is 8.17. The van der Waals surface area contributed by atoms with Gasteiger partial charge < -0.3 is 14.8 Å². The first kappa shape index (κ1) is 20.6. The summed E-state index contributed by atoms with van der Waals surface area (Å²) >= 11 is 3.45. The number of aromatic nitrogens is 2. The number of nitrogens with one attached hydrogen (secondary N) is 1. The number of rotatable bonds is 3. The molecule has 7 heteroatoms. The number of fused-ring (bicyclic) bond motifs is 5. The van der Waals surface area contributed by atoms with E-state index < -0.39 is 0 Å². The third kappa shape index (κ3) is 3.20. The summed E-state index contributed by atoms with van der Waals surface area (Å²) in [6.45, 7) is 2.18. The molecule has 3 aromatic carbocycles. The van der Waals surface area contributed by atoms with Crippen LogP contribution in [-0.4, -0.2) is 15.1 Å². The normalized spacial score (nSPS) is 11.6. The SMILES string of the molecule is Cc1ccc2cccc(NCc3c4oc5c(Br)c(O)c6ccccc6c5nc-4ccc3=O)c2n1. The Morgan fingerprint density at radius 1 is 0.941 bits per heavy atom. The van der Waals surface area contributed by atoms with Gasteiger partial charge in [-0.25, -0.2) is 4.98 Å². The summed E-state index contributed by atoms with van der Waals surface area (Å²) in [4.78, 5) is 22.3. The van der Waals surface area contributed by atoms with Crippen LogP contribution in [0.4, 0.5) is 5.69 Å². The van der Waals surface area contributed by atoms with Gasteiger partial charge in [-0.15, -0.1) is 0 Å². The van der Waals surface area contributed by atoms with Crippen LogP contribution in [0.25, 0.3) is 44.2 Å². The molecule has 0 atom stereocenters. The van der Waals surface area contributed by atoms with Crippen LogP contribution in [0, 0.1) is 6.92 Å². The number of anilines is 1. The van der Waals surface area contributed by atoms with Crippen molar-refractivity contribution in [1.29, 1.82) is 0 Å². The van der Waals surface area contributed by atoms with Gasteiger partial charge in [0.05, 0.1) is 16.8 Å². The van der Waals surface area contributed by atoms with E-state index in [0.29, 0.717) is 38.0 Å². The molecule has 6 nitrogen and oxygen atoms in total. The van der Waals surface area contributed by atoms with E-state index in [-0.39, 0.29) is 17.7 Å². The van der Waals surface area contributed by atoms with Gasteiger partial charge >= 0.3 is 0 Å². The Bertz CT molecular complexity index is 1780. The molecule has 0 saturated heterocycles. The highest BCUT2D eigenvalue weighted by Crippen LogP contribution is 2.42. The van der Waals surface area contributed by atoms with Gasteiger partial charge in [0.25, 0.3) is 0 Å². The third-order valence-electron chi connectivity index (χ3n) is 6.01. The molecule has 0 radical (unpaired) electrons. The lowest BCUT2D eigenvalue weighted by molar-refractivity contribution is 0.476. The van der Waals surface area contributed by atoms with Crippen molar-refractivity contribution in [2.75, 3.05) is 5.32 Å². The first-order valence-electron chi connectivity index (χ1n) is 10.8. The van der Waals surface area contributed by atoms with Crippen LogP contribution >= 0.6 is 15.9 Å². The van der Waals surface area contributed by atoms with Crippen molar-refractivity contribution in [2.24, 2.45) is 0 Å². The number of aryl methyl sites for hydroxylation is 1. The maximum atomic E-state index is 12.9. The lowest BCUT2D eigenvalue weighted by atomic mass is 10.1. The number of hydrogen-bond acceptors (Lipinski definition) is 6. The van der Waals surface area contributed by atoms with Crippen LogP contribution in [0.5, 0.6) is 5.75 Å². The Morgan fingerprint density at radius 2 is 1.76 bits per heavy atom. The molecule has 0 amide bonds. The summed E-state index contributed by atoms with van der Waals surface area (Å²) in [6.07, 6.45) is 0. The quantitative estimate of drug-likeness (QED) is 0.211. The van der Waals surface area contributed by atoms with E-state index >= 15 is 0 Å². The number of aromatic hydroxyl groups is 1. The number of para-hydroxylation sites is 1. The zero-order valence-corrected chi connectivity index (χ0v) is 19.7. The fourth-order valence-corrected chi connectivity index (χ4v) is 4.79. The average Bonchev–Trinajstić information content (AvgIpc) is 2.86. The molecule has 34 heavy (non-hydrogen) atoms. The molecule has 6 rings (SSSR count). The van der Waals surface area contributed by atoms with E-state index in [4.69, 9.17) is 9.40 Å². The first-order chi connectivity index (χ1) is 16.5. The predicted molar refractivity (Wildman–Crippen MR) is 138 cm³/mol. The molecule has 0 bridgehead atoms. The fourth-order valence-electron chi connectivity index (χ4n) is 4.31. The molecular weight excluding hydrogens is 494 g/mol. The zero-order valence-electron chi connectivity index (χ0n) is 18.1. The van der Waals surface area contributed by atoms with Gasteiger partial charge in [0.2, 0.25) is 0 Å². The molecule has 0 fully saturated rings. The summed E-state index contributed by atoms with van der Waals surface area (Å²) in [5.41, 5.74) is 4.45. The number of benzene rings is 4. The highest BCUT2D eigenvalue weighted by Gasteiger charge is 2.21. The summed E-state index contributed by atoms with van der Waals surface area (Å²) in [5.74, 6) is 0.454. The maximum Gasteiger partial charge on any atom is 0.187 e. The maximum absolute atomic E-state index is 12.9. The van der Waals surface area contributed by atoms with Gasteiger partial charge in [0.15, 0.2) is 16.8 Å². The lowest BCUT2D eigenvalue weighted by Crippen LogP contribution is -2.15. The first-order valence-corrected chi connectivity index (χ1v) is 11.6. The molecule has 2 heterocycles. The summed E-state index contributed by atoms with van der Waals surface area (Å²) < 4.78 is 6.65. The molecule has 0 saturated carbocycles. The smallest absolute Gasteiger partial charge is 0.187 e. The van der Waals surface area contributed by atoms with Gasteiger partial charge in [0, 0.05) is 28.4 Å². The molecule has 2 N–H and O–H groups in total. The lowest BCUT2D eigenvalue weighted by Gasteiger charge is -2.15. The van der Waals surface area contributed by atoms with Gasteiger partial charge in [-0.3, -0.25) is 9.78 Å². The second-order valence-corrected chi connectivity index (χ2v) is 8.97. The van der Waals surface area contributed by atoms with E-state index in [0.717, 1.165) is 27.7 Å². The fraction of sp³-hybridized carbons (Fsp3) is 0.0741. The number of phenols is 1. The molecule has 2 aliphatic rings. The van der Waals surface area contributed by atoms with Crippen molar-refractivity contribution >= 4 is 54.4 Å². The van der Waals surface area contributed by atoms with Crippen molar-refractivity contribution in [1.82, 2.24) is 9.97 Å². The zero-order chi connectivity index (χ0) is 23.4. The molecule has 4 aromatic rings. The van der Waals surface area contributed by atoms with Gasteiger partial charge in [-0.1, -0.05) is 42.5 Å². The Kier molecular flexibility index (Phi) is 4.74. The minimum absolute atomic E-state index is 0.0724. The van der Waals surface area contributed by atoms with Crippen molar-refractivity contribution in [2.45, 2.75) is 13.5 Å². The van der Waals surface area contributed by atoms with Crippen LogP contribution in [0.3, 0.4) is 0 Å². The molecule has 1 aromatic heterocycles. The van der Waals surface area contributed by atoms with Crippen LogP contribution < -0.4 is 10.7 Å². The number of hydrogen-bond donors (Lipinski definition) is 2. The second kappa shape index (κ2) is 7.81. The van der Waals surface area contributed by atoms with Gasteiger partial charge in [0.1, 0.15) is 21.4 Å². The minimum atomic E-state index is -0.157. The summed E-state index contributed by atoms with van der Waals surface area (Å²) in [5, 5.41) is 16.5. The van der Waals surface area contributed by atoms with Gasteiger partial charge in [-0.05, 0) is 47.1 Å². The Morgan fingerprint density at radius 3 is 2.62 bits per heavy atom. The predicted octanol–water partition coefficient (Wildman–Crippen LogP) is 6.38. The average molecular weight is 512 g/mol. The minimum Gasteiger partial charge on any atom is -0.506 e. The number of halogens is 1. The van der Waals surface area contributed by atoms with E-state index in [9.17, 15) is 9.90 Å². The molecular formula is C27H18BrN3O3. The standard InChI is InChI=1S/C27H18BrN3O3/c1-14-9-10-15-5-4-8-19(23(15)30-14)29-13-18-21(32)12-11-20-26(18)34-27-22(28)25(33)17-7-3-2-6-16(17)24(27)31-20/h2-12,29,33H,13H2,1H3. The van der Waals surface area contributed by atoms with E-state index in [1.807, 2.05) is 61.5 Å². The van der Waals surface area contributed by atoms with Crippen molar-refractivity contribution in [3.05, 3.63) is 92.7 Å². The summed E-state index contributed by atoms with van der Waals surface area (Å²) in [6, 6.07) is 20.5. The number of pyridine rings is 1. The molecule has 1 aliphatic heterocycles. The van der Waals surface area contributed by atoms with E-state index in [1.165, 1.54) is 6.07 Å². The van der Waals surface area contributed by atoms with Crippen LogP contribution in [0.2, 0.25) is 0 Å². The summed E-state index contributed by atoms with van der Waals surface area (Å²) in [7, 11) is 0. The van der Waals surface area contributed by atoms with Crippen LogP contribution in [-0.2, 0) is 6.54 Å². The molecule has 0 unspecified atom stereocenters. The largest absolute Gasteiger partial charge is 0.506 e. The van der Waals surface area contributed by atoms with Gasteiger partial charge in [-0.2, -0.15) is 0 Å². The Balaban J connectivity index is 1.52. The number of nitrogens with zero attached hydrogens (tertiary/aromatic N) is 2. The van der Waals surface area contributed by atoms with Crippen molar-refractivity contribution in [3.63, 3.8) is 0 Å². The third-order valence-corrected chi connectivity index (χ3v) is 6.74.